The number of aromatic nitrogens is 1. The number of nitrogens with zero attached hydrogens (tertiary/aromatic N) is 3. The fourth-order valence-corrected chi connectivity index (χ4v) is 3.43. The summed E-state index contributed by atoms with van der Waals surface area (Å²) in [6.45, 7) is 3.18. The van der Waals surface area contributed by atoms with Crippen molar-refractivity contribution in [1.82, 2.24) is 14.8 Å². The predicted molar refractivity (Wildman–Crippen MR) is 103 cm³/mol. The highest BCUT2D eigenvalue weighted by molar-refractivity contribution is 5.92. The highest BCUT2D eigenvalue weighted by Crippen LogP contribution is 2.29. The Morgan fingerprint density at radius 2 is 1.85 bits per heavy atom. The zero-order valence-electron chi connectivity index (χ0n) is 16.3. The molecule has 0 atom stereocenters. The summed E-state index contributed by atoms with van der Waals surface area (Å²) in [6.07, 6.45) is 2.93. The van der Waals surface area contributed by atoms with E-state index in [-0.39, 0.29) is 17.7 Å². The van der Waals surface area contributed by atoms with Gasteiger partial charge in [0.05, 0.1) is 0 Å². The van der Waals surface area contributed by atoms with Crippen molar-refractivity contribution in [3.8, 4) is 0 Å². The van der Waals surface area contributed by atoms with Gasteiger partial charge in [-0.1, -0.05) is 30.3 Å². The number of hydrogen-bond donors (Lipinski definition) is 0. The highest BCUT2D eigenvalue weighted by atomic mass is 16.4. The summed E-state index contributed by atoms with van der Waals surface area (Å²) in [7, 11) is 3.41. The van der Waals surface area contributed by atoms with Crippen molar-refractivity contribution in [3.63, 3.8) is 0 Å². The Balaban J connectivity index is 1.53. The summed E-state index contributed by atoms with van der Waals surface area (Å²) in [5.41, 5.74) is 1.57. The Hall–Kier alpha value is -2.63. The fourth-order valence-electron chi connectivity index (χ4n) is 3.43. The monoisotopic (exact) mass is 369 g/mol. The third-order valence-corrected chi connectivity index (χ3v) is 5.09. The van der Waals surface area contributed by atoms with Crippen LogP contribution in [0.2, 0.25) is 0 Å². The fraction of sp³-hybridized carbons (Fsp3) is 0.476. The lowest BCUT2D eigenvalue weighted by molar-refractivity contribution is -0.132. The molecule has 0 saturated carbocycles. The third kappa shape index (κ3) is 4.56. The summed E-state index contributed by atoms with van der Waals surface area (Å²) in [4.78, 5) is 32.5. The Morgan fingerprint density at radius 3 is 2.48 bits per heavy atom. The number of aryl methyl sites for hydroxylation is 2. The molecular weight excluding hydrogens is 342 g/mol. The Kier molecular flexibility index (Phi) is 5.94. The normalized spacial score (nSPS) is 15.0. The molecule has 3 rings (SSSR count). The van der Waals surface area contributed by atoms with Gasteiger partial charge in [-0.15, -0.1) is 0 Å². The largest absolute Gasteiger partial charge is 0.445 e. The van der Waals surface area contributed by atoms with Crippen LogP contribution in [-0.4, -0.2) is 53.8 Å². The van der Waals surface area contributed by atoms with Gasteiger partial charge in [0.25, 0.3) is 5.91 Å². The smallest absolute Gasteiger partial charge is 0.275 e. The van der Waals surface area contributed by atoms with Crippen molar-refractivity contribution >= 4 is 11.8 Å². The molecule has 0 unspecified atom stereocenters. The van der Waals surface area contributed by atoms with E-state index in [9.17, 15) is 9.59 Å². The Morgan fingerprint density at radius 1 is 1.19 bits per heavy atom. The minimum atomic E-state index is -0.143. The quantitative estimate of drug-likeness (QED) is 0.812. The first kappa shape index (κ1) is 19.1. The van der Waals surface area contributed by atoms with E-state index in [1.54, 1.807) is 21.0 Å². The third-order valence-electron chi connectivity index (χ3n) is 5.09. The number of benzene rings is 1. The van der Waals surface area contributed by atoms with E-state index in [1.165, 1.54) is 10.5 Å². The van der Waals surface area contributed by atoms with Gasteiger partial charge in [0.2, 0.25) is 5.91 Å². The molecule has 2 heterocycles. The number of rotatable bonds is 5. The number of carbonyl (C=O) groups is 2. The van der Waals surface area contributed by atoms with Gasteiger partial charge in [0.1, 0.15) is 5.76 Å². The maximum atomic E-state index is 12.5. The van der Waals surface area contributed by atoms with Crippen LogP contribution in [0.25, 0.3) is 0 Å². The molecule has 1 aliphatic heterocycles. The van der Waals surface area contributed by atoms with E-state index < -0.39 is 0 Å². The van der Waals surface area contributed by atoms with Gasteiger partial charge in [-0.3, -0.25) is 9.59 Å². The maximum absolute atomic E-state index is 12.5. The first-order valence-electron chi connectivity index (χ1n) is 9.46. The molecule has 144 valence electrons. The molecule has 6 nitrogen and oxygen atoms in total. The molecule has 1 fully saturated rings. The van der Waals surface area contributed by atoms with Crippen LogP contribution in [0.1, 0.15) is 52.9 Å². The van der Waals surface area contributed by atoms with Gasteiger partial charge in [0, 0.05) is 39.5 Å². The van der Waals surface area contributed by atoms with E-state index in [1.807, 2.05) is 23.1 Å². The van der Waals surface area contributed by atoms with Gasteiger partial charge in [-0.25, -0.2) is 4.98 Å². The van der Waals surface area contributed by atoms with E-state index in [4.69, 9.17) is 4.42 Å². The second-order valence-corrected chi connectivity index (χ2v) is 7.30. The topological polar surface area (TPSA) is 66.7 Å². The Labute approximate surface area is 160 Å². The summed E-state index contributed by atoms with van der Waals surface area (Å²) in [6, 6.07) is 10.1. The van der Waals surface area contributed by atoms with Crippen molar-refractivity contribution in [2.24, 2.45) is 0 Å². The van der Waals surface area contributed by atoms with Crippen LogP contribution in [0.5, 0.6) is 0 Å². The molecule has 1 saturated heterocycles. The highest BCUT2D eigenvalue weighted by Gasteiger charge is 2.28. The van der Waals surface area contributed by atoms with Gasteiger partial charge >= 0.3 is 0 Å². The predicted octanol–water partition coefficient (Wildman–Crippen LogP) is 3.02. The van der Waals surface area contributed by atoms with Crippen LogP contribution in [0.15, 0.2) is 34.7 Å². The van der Waals surface area contributed by atoms with E-state index in [0.29, 0.717) is 36.9 Å². The minimum Gasteiger partial charge on any atom is -0.445 e. The molecule has 27 heavy (non-hydrogen) atoms. The maximum Gasteiger partial charge on any atom is 0.275 e. The van der Waals surface area contributed by atoms with Gasteiger partial charge in [-0.05, 0) is 31.7 Å². The SMILES string of the molecule is Cc1oc(C2CCN(C(=O)CCc3ccccc3)CC2)nc1C(=O)N(C)C. The molecule has 2 amide bonds. The van der Waals surface area contributed by atoms with Crippen molar-refractivity contribution in [2.75, 3.05) is 27.2 Å². The first-order valence-corrected chi connectivity index (χ1v) is 9.46. The van der Waals surface area contributed by atoms with Crippen LogP contribution in [0.4, 0.5) is 0 Å². The van der Waals surface area contributed by atoms with Crippen LogP contribution in [0, 0.1) is 6.92 Å². The molecule has 1 aromatic heterocycles. The summed E-state index contributed by atoms with van der Waals surface area (Å²) in [5, 5.41) is 0. The van der Waals surface area contributed by atoms with Crippen LogP contribution < -0.4 is 0 Å². The molecular formula is C21H27N3O3. The minimum absolute atomic E-state index is 0.143. The molecule has 0 radical (unpaired) electrons. The lowest BCUT2D eigenvalue weighted by atomic mass is 9.96. The second kappa shape index (κ2) is 8.37. The van der Waals surface area contributed by atoms with Crippen molar-refractivity contribution in [2.45, 2.75) is 38.5 Å². The number of likely N-dealkylation sites (tertiary alicyclic amines) is 1. The standard InChI is InChI=1S/C21H27N3O3/c1-15-19(21(26)23(2)3)22-20(27-15)17-11-13-24(14-12-17)18(25)10-9-16-7-5-4-6-8-16/h4-8,17H,9-14H2,1-3H3. The number of amides is 2. The zero-order chi connectivity index (χ0) is 19.4. The number of oxazole rings is 1. The second-order valence-electron chi connectivity index (χ2n) is 7.30. The molecule has 0 spiro atoms. The van der Waals surface area contributed by atoms with Gasteiger partial charge in [-0.2, -0.15) is 0 Å². The van der Waals surface area contributed by atoms with E-state index in [2.05, 4.69) is 17.1 Å². The average molecular weight is 369 g/mol. The molecule has 2 aromatic rings. The van der Waals surface area contributed by atoms with Gasteiger partial charge < -0.3 is 14.2 Å². The number of piperidine rings is 1. The molecule has 0 bridgehead atoms. The molecule has 6 heteroatoms. The van der Waals surface area contributed by atoms with E-state index >= 15 is 0 Å². The zero-order valence-corrected chi connectivity index (χ0v) is 16.3. The van der Waals surface area contributed by atoms with Crippen LogP contribution in [0.3, 0.4) is 0 Å². The first-order chi connectivity index (χ1) is 13.0. The summed E-state index contributed by atoms with van der Waals surface area (Å²) >= 11 is 0. The van der Waals surface area contributed by atoms with Crippen LogP contribution in [-0.2, 0) is 11.2 Å². The lowest BCUT2D eigenvalue weighted by Crippen LogP contribution is -2.38. The molecule has 0 aliphatic carbocycles. The molecule has 1 aliphatic rings. The van der Waals surface area contributed by atoms with Crippen molar-refractivity contribution in [1.29, 1.82) is 0 Å². The Bertz CT molecular complexity index is 790. The summed E-state index contributed by atoms with van der Waals surface area (Å²) < 4.78 is 5.76. The van der Waals surface area contributed by atoms with Gasteiger partial charge in [0.15, 0.2) is 11.6 Å². The lowest BCUT2D eigenvalue weighted by Gasteiger charge is -2.30. The molecule has 0 N–H and O–H groups in total. The number of hydrogen-bond acceptors (Lipinski definition) is 4. The van der Waals surface area contributed by atoms with Crippen molar-refractivity contribution < 1.29 is 14.0 Å². The average Bonchev–Trinajstić information content (AvgIpc) is 3.08. The van der Waals surface area contributed by atoms with Crippen molar-refractivity contribution in [3.05, 3.63) is 53.2 Å². The van der Waals surface area contributed by atoms with Crippen LogP contribution >= 0.6 is 0 Å². The summed E-state index contributed by atoms with van der Waals surface area (Å²) in [5.74, 6) is 1.39. The molecule has 1 aromatic carbocycles. The van der Waals surface area contributed by atoms with E-state index in [0.717, 1.165) is 19.3 Å². The number of carbonyl (C=O) groups excluding carboxylic acids is 2.